The summed E-state index contributed by atoms with van der Waals surface area (Å²) >= 11 is 0. The van der Waals surface area contributed by atoms with Crippen molar-refractivity contribution in [1.82, 2.24) is 10.3 Å². The molecule has 0 unspecified atom stereocenters. The highest BCUT2D eigenvalue weighted by Crippen LogP contribution is 2.28. The first-order valence-corrected chi connectivity index (χ1v) is 8.53. The Morgan fingerprint density at radius 3 is 2.71 bits per heavy atom. The van der Waals surface area contributed by atoms with Crippen molar-refractivity contribution in [3.8, 4) is 5.75 Å². The summed E-state index contributed by atoms with van der Waals surface area (Å²) in [5.74, 6) is -0.481. The van der Waals surface area contributed by atoms with Crippen LogP contribution in [0.15, 0.2) is 30.5 Å². The number of carbonyl (C=O) groups excluding carboxylic acids is 1. The van der Waals surface area contributed by atoms with Gasteiger partial charge in [0, 0.05) is 17.6 Å². The van der Waals surface area contributed by atoms with Gasteiger partial charge < -0.3 is 14.8 Å². The molecular formula is C18H17F5N2O3. The Bertz CT molecular complexity index is 836. The zero-order valence-electron chi connectivity index (χ0n) is 14.5. The van der Waals surface area contributed by atoms with E-state index in [0.717, 1.165) is 0 Å². The SMILES string of the molecule is O=C(N[C@@H]1CC[C@@H](CC(F)(F)F)OC1)c1cnc2cc(OC(F)F)ccc2c1. The molecular weight excluding hydrogens is 387 g/mol. The largest absolute Gasteiger partial charge is 0.435 e. The van der Waals surface area contributed by atoms with Gasteiger partial charge in [-0.15, -0.1) is 0 Å². The molecule has 1 fully saturated rings. The first-order valence-electron chi connectivity index (χ1n) is 8.53. The van der Waals surface area contributed by atoms with Gasteiger partial charge in [0.2, 0.25) is 0 Å². The summed E-state index contributed by atoms with van der Waals surface area (Å²) < 4.78 is 71.2. The lowest BCUT2D eigenvalue weighted by Gasteiger charge is -2.30. The highest BCUT2D eigenvalue weighted by atomic mass is 19.4. The Labute approximate surface area is 156 Å². The Morgan fingerprint density at radius 1 is 1.29 bits per heavy atom. The number of pyridine rings is 1. The van der Waals surface area contributed by atoms with Gasteiger partial charge in [0.15, 0.2) is 0 Å². The van der Waals surface area contributed by atoms with E-state index < -0.39 is 37.3 Å². The molecule has 1 N–H and O–H groups in total. The van der Waals surface area contributed by atoms with Crippen molar-refractivity contribution in [2.75, 3.05) is 6.61 Å². The summed E-state index contributed by atoms with van der Waals surface area (Å²) in [6, 6.07) is 5.32. The van der Waals surface area contributed by atoms with Gasteiger partial charge in [0.1, 0.15) is 5.75 Å². The number of halogens is 5. The maximum absolute atomic E-state index is 12.4. The zero-order valence-corrected chi connectivity index (χ0v) is 14.5. The Kier molecular flexibility index (Phi) is 5.97. The summed E-state index contributed by atoms with van der Waals surface area (Å²) in [6.07, 6.45) is -4.30. The summed E-state index contributed by atoms with van der Waals surface area (Å²) in [5, 5.41) is 3.27. The number of hydrogen-bond donors (Lipinski definition) is 1. The van der Waals surface area contributed by atoms with Crippen LogP contribution in [0.3, 0.4) is 0 Å². The molecule has 2 heterocycles. The Balaban J connectivity index is 1.59. The molecule has 2 atom stereocenters. The van der Waals surface area contributed by atoms with Crippen LogP contribution in [0.4, 0.5) is 22.0 Å². The summed E-state index contributed by atoms with van der Waals surface area (Å²) in [7, 11) is 0. The number of nitrogens with one attached hydrogen (secondary N) is 1. The van der Waals surface area contributed by atoms with Gasteiger partial charge in [-0.2, -0.15) is 22.0 Å². The van der Waals surface area contributed by atoms with Gasteiger partial charge in [-0.05, 0) is 31.0 Å². The lowest BCUT2D eigenvalue weighted by molar-refractivity contribution is -0.167. The molecule has 1 aromatic heterocycles. The fraction of sp³-hybridized carbons (Fsp3) is 0.444. The topological polar surface area (TPSA) is 60.5 Å². The van der Waals surface area contributed by atoms with E-state index in [2.05, 4.69) is 15.0 Å². The van der Waals surface area contributed by atoms with Gasteiger partial charge in [0.05, 0.1) is 36.3 Å². The second-order valence-corrected chi connectivity index (χ2v) is 6.48. The maximum atomic E-state index is 12.4. The number of benzene rings is 1. The van der Waals surface area contributed by atoms with E-state index in [0.29, 0.717) is 17.3 Å². The van der Waals surface area contributed by atoms with Crippen LogP contribution in [-0.4, -0.2) is 42.4 Å². The van der Waals surface area contributed by atoms with E-state index in [1.54, 1.807) is 6.07 Å². The van der Waals surface area contributed by atoms with Crippen LogP contribution in [0, 0.1) is 0 Å². The molecule has 2 aromatic rings. The van der Waals surface area contributed by atoms with Gasteiger partial charge >= 0.3 is 12.8 Å². The highest BCUT2D eigenvalue weighted by Gasteiger charge is 2.35. The molecule has 3 rings (SSSR count). The van der Waals surface area contributed by atoms with Crippen molar-refractivity contribution in [2.24, 2.45) is 0 Å². The zero-order chi connectivity index (χ0) is 20.3. The number of aromatic nitrogens is 1. The predicted molar refractivity (Wildman–Crippen MR) is 89.3 cm³/mol. The number of hydrogen-bond acceptors (Lipinski definition) is 4. The van der Waals surface area contributed by atoms with Crippen LogP contribution < -0.4 is 10.1 Å². The van der Waals surface area contributed by atoms with E-state index in [9.17, 15) is 26.7 Å². The third kappa shape index (κ3) is 5.51. The third-order valence-corrected chi connectivity index (χ3v) is 4.31. The summed E-state index contributed by atoms with van der Waals surface area (Å²) in [5.41, 5.74) is 0.623. The van der Waals surface area contributed by atoms with Crippen molar-refractivity contribution < 1.29 is 36.2 Å². The quantitative estimate of drug-likeness (QED) is 0.764. The number of alkyl halides is 5. The lowest BCUT2D eigenvalue weighted by atomic mass is 10.0. The van der Waals surface area contributed by atoms with Crippen molar-refractivity contribution in [3.05, 3.63) is 36.0 Å². The lowest BCUT2D eigenvalue weighted by Crippen LogP contribution is -2.43. The van der Waals surface area contributed by atoms with Crippen LogP contribution in [0.5, 0.6) is 5.75 Å². The molecule has 1 aliphatic rings. The number of carbonyl (C=O) groups is 1. The van der Waals surface area contributed by atoms with E-state index in [1.165, 1.54) is 24.4 Å². The number of fused-ring (bicyclic) bond motifs is 1. The van der Waals surface area contributed by atoms with Crippen molar-refractivity contribution in [2.45, 2.75) is 44.2 Å². The van der Waals surface area contributed by atoms with Crippen LogP contribution in [0.1, 0.15) is 29.6 Å². The summed E-state index contributed by atoms with van der Waals surface area (Å²) in [4.78, 5) is 16.4. The average Bonchev–Trinajstić information content (AvgIpc) is 2.61. The number of ether oxygens (including phenoxy) is 2. The third-order valence-electron chi connectivity index (χ3n) is 4.31. The van der Waals surface area contributed by atoms with E-state index in [1.807, 2.05) is 0 Å². The minimum atomic E-state index is -4.28. The van der Waals surface area contributed by atoms with E-state index in [4.69, 9.17) is 4.74 Å². The molecule has 10 heteroatoms. The van der Waals surface area contributed by atoms with Gasteiger partial charge in [0.25, 0.3) is 5.91 Å². The minimum Gasteiger partial charge on any atom is -0.435 e. The van der Waals surface area contributed by atoms with E-state index in [-0.39, 0.29) is 24.3 Å². The second-order valence-electron chi connectivity index (χ2n) is 6.48. The van der Waals surface area contributed by atoms with Gasteiger partial charge in [-0.3, -0.25) is 9.78 Å². The monoisotopic (exact) mass is 404 g/mol. The molecule has 1 aliphatic heterocycles. The van der Waals surface area contributed by atoms with Crippen LogP contribution in [-0.2, 0) is 4.74 Å². The van der Waals surface area contributed by atoms with Gasteiger partial charge in [-0.1, -0.05) is 0 Å². The van der Waals surface area contributed by atoms with E-state index >= 15 is 0 Å². The van der Waals surface area contributed by atoms with Crippen molar-refractivity contribution >= 4 is 16.8 Å². The molecule has 0 bridgehead atoms. The van der Waals surface area contributed by atoms with Crippen molar-refractivity contribution in [3.63, 3.8) is 0 Å². The van der Waals surface area contributed by atoms with Crippen LogP contribution >= 0.6 is 0 Å². The summed E-state index contributed by atoms with van der Waals surface area (Å²) in [6.45, 7) is -2.95. The standard InChI is InChI=1S/C18H17F5N2O3/c19-17(20)28-13-3-1-10-5-11(8-24-15(10)6-13)16(26)25-12-2-4-14(27-9-12)7-18(21,22)23/h1,3,5-6,8,12,14,17H,2,4,7,9H2,(H,25,26)/t12-,14+/m1/s1. The highest BCUT2D eigenvalue weighted by molar-refractivity contribution is 5.97. The number of rotatable bonds is 5. The van der Waals surface area contributed by atoms with Crippen molar-refractivity contribution in [1.29, 1.82) is 0 Å². The molecule has 0 saturated carbocycles. The Morgan fingerprint density at radius 2 is 2.07 bits per heavy atom. The molecule has 0 radical (unpaired) electrons. The second kappa shape index (κ2) is 8.26. The number of nitrogens with zero attached hydrogens (tertiary/aromatic N) is 1. The predicted octanol–water partition coefficient (Wildman–Crippen LogP) is 4.07. The molecule has 1 aromatic carbocycles. The first kappa shape index (κ1) is 20.2. The van der Waals surface area contributed by atoms with Gasteiger partial charge in [-0.25, -0.2) is 0 Å². The average molecular weight is 404 g/mol. The number of amides is 1. The van der Waals surface area contributed by atoms with Crippen LogP contribution in [0.25, 0.3) is 10.9 Å². The molecule has 152 valence electrons. The fourth-order valence-electron chi connectivity index (χ4n) is 3.01. The normalized spacial score (nSPS) is 20.4. The molecule has 5 nitrogen and oxygen atoms in total. The molecule has 1 amide bonds. The molecule has 28 heavy (non-hydrogen) atoms. The molecule has 0 aliphatic carbocycles. The maximum Gasteiger partial charge on any atom is 0.391 e. The smallest absolute Gasteiger partial charge is 0.391 e. The minimum absolute atomic E-state index is 0.00181. The molecule has 1 saturated heterocycles. The van der Waals surface area contributed by atoms with Crippen LogP contribution in [0.2, 0.25) is 0 Å². The first-order chi connectivity index (χ1) is 13.2. The molecule has 0 spiro atoms. The Hall–Kier alpha value is -2.49. The fourth-order valence-corrected chi connectivity index (χ4v) is 3.01.